The molecule has 1 aliphatic carbocycles. The Morgan fingerprint density at radius 1 is 1.55 bits per heavy atom. The number of ether oxygens (including phenoxy) is 1. The normalized spacial score (nSPS) is 15.7. The minimum Gasteiger partial charge on any atom is -0.496 e. The van der Waals surface area contributed by atoms with Crippen LogP contribution in [0.15, 0.2) is 27.8 Å². The lowest BCUT2D eigenvalue weighted by atomic mass is 10.2. The first-order valence-electron chi connectivity index (χ1n) is 6.67. The summed E-state index contributed by atoms with van der Waals surface area (Å²) in [5, 5.41) is 11.6. The minimum absolute atomic E-state index is 0.284. The standard InChI is InChI=1S/C14H20BrN3O2/c1-20-13-5-2-10(8-12(13)15)9-18(11-3-4-11)7-6-14(16)17-19/h2,5,8,11,19H,3-4,6-7,9H2,1H3,(H2,16,17). The summed E-state index contributed by atoms with van der Waals surface area (Å²) in [5.41, 5.74) is 6.77. The van der Waals surface area contributed by atoms with Gasteiger partial charge in [-0.1, -0.05) is 11.2 Å². The Kier molecular flexibility index (Phi) is 5.25. The number of amidine groups is 1. The Hall–Kier alpha value is -1.27. The lowest BCUT2D eigenvalue weighted by Gasteiger charge is -2.22. The van der Waals surface area contributed by atoms with E-state index in [0.29, 0.717) is 12.5 Å². The fourth-order valence-electron chi connectivity index (χ4n) is 2.18. The van der Waals surface area contributed by atoms with Gasteiger partial charge in [-0.05, 0) is 46.5 Å². The van der Waals surface area contributed by atoms with Crippen molar-refractivity contribution in [2.24, 2.45) is 10.9 Å². The molecule has 1 aromatic carbocycles. The molecule has 0 aliphatic heterocycles. The molecule has 3 N–H and O–H groups in total. The number of nitrogens with two attached hydrogens (primary N) is 1. The topological polar surface area (TPSA) is 71.1 Å². The van der Waals surface area contributed by atoms with Crippen LogP contribution in [0.1, 0.15) is 24.8 Å². The first kappa shape index (κ1) is 15.1. The third-order valence-corrected chi connectivity index (χ3v) is 4.07. The maximum absolute atomic E-state index is 8.61. The molecule has 2 rings (SSSR count). The molecule has 0 aromatic heterocycles. The van der Waals surface area contributed by atoms with E-state index in [4.69, 9.17) is 15.7 Å². The van der Waals surface area contributed by atoms with Crippen LogP contribution in [-0.4, -0.2) is 35.6 Å². The highest BCUT2D eigenvalue weighted by Crippen LogP contribution is 2.30. The molecule has 1 aliphatic rings. The molecule has 110 valence electrons. The van der Waals surface area contributed by atoms with Gasteiger partial charge in [0.05, 0.1) is 11.6 Å². The van der Waals surface area contributed by atoms with Gasteiger partial charge in [0.15, 0.2) is 0 Å². The average molecular weight is 342 g/mol. The Balaban J connectivity index is 1.99. The SMILES string of the molecule is COc1ccc(CN(CCC(N)=NO)C2CC2)cc1Br. The van der Waals surface area contributed by atoms with E-state index in [1.165, 1.54) is 18.4 Å². The zero-order valence-electron chi connectivity index (χ0n) is 11.6. The molecule has 0 atom stereocenters. The smallest absolute Gasteiger partial charge is 0.140 e. The van der Waals surface area contributed by atoms with E-state index >= 15 is 0 Å². The van der Waals surface area contributed by atoms with Crippen LogP contribution in [0.4, 0.5) is 0 Å². The van der Waals surface area contributed by atoms with Crippen LogP contribution >= 0.6 is 15.9 Å². The number of benzene rings is 1. The van der Waals surface area contributed by atoms with Crippen LogP contribution in [-0.2, 0) is 6.54 Å². The summed E-state index contributed by atoms with van der Waals surface area (Å²) in [7, 11) is 1.66. The number of hydrogen-bond donors (Lipinski definition) is 2. The van der Waals surface area contributed by atoms with Gasteiger partial charge < -0.3 is 15.7 Å². The lowest BCUT2D eigenvalue weighted by molar-refractivity contribution is 0.259. The van der Waals surface area contributed by atoms with E-state index in [1.807, 2.05) is 6.07 Å². The lowest BCUT2D eigenvalue weighted by Crippen LogP contribution is -2.29. The second-order valence-electron chi connectivity index (χ2n) is 5.01. The summed E-state index contributed by atoms with van der Waals surface area (Å²) in [6.45, 7) is 1.68. The van der Waals surface area contributed by atoms with Gasteiger partial charge in [-0.3, -0.25) is 4.90 Å². The summed E-state index contributed by atoms with van der Waals surface area (Å²) in [6.07, 6.45) is 3.05. The highest BCUT2D eigenvalue weighted by molar-refractivity contribution is 9.10. The molecule has 1 fully saturated rings. The molecule has 1 saturated carbocycles. The number of rotatable bonds is 7. The molecule has 0 radical (unpaired) electrons. The van der Waals surface area contributed by atoms with Crippen molar-refractivity contribution >= 4 is 21.8 Å². The predicted octanol–water partition coefficient (Wildman–Crippen LogP) is 2.56. The van der Waals surface area contributed by atoms with Crippen molar-refractivity contribution in [3.8, 4) is 5.75 Å². The van der Waals surface area contributed by atoms with Crippen LogP contribution in [0.2, 0.25) is 0 Å². The van der Waals surface area contributed by atoms with Crippen LogP contribution in [0.25, 0.3) is 0 Å². The Morgan fingerprint density at radius 3 is 2.85 bits per heavy atom. The van der Waals surface area contributed by atoms with Crippen molar-refractivity contribution in [2.75, 3.05) is 13.7 Å². The van der Waals surface area contributed by atoms with Gasteiger partial charge in [-0.25, -0.2) is 0 Å². The van der Waals surface area contributed by atoms with Crippen molar-refractivity contribution in [1.82, 2.24) is 4.90 Å². The molecule has 0 bridgehead atoms. The highest BCUT2D eigenvalue weighted by Gasteiger charge is 2.28. The quantitative estimate of drug-likeness (QED) is 0.346. The number of hydrogen-bond acceptors (Lipinski definition) is 4. The van der Waals surface area contributed by atoms with E-state index in [9.17, 15) is 0 Å². The van der Waals surface area contributed by atoms with Crippen LogP contribution in [0, 0.1) is 0 Å². The predicted molar refractivity (Wildman–Crippen MR) is 82.2 cm³/mol. The first-order valence-corrected chi connectivity index (χ1v) is 7.46. The van der Waals surface area contributed by atoms with E-state index in [2.05, 4.69) is 38.1 Å². The second kappa shape index (κ2) is 6.95. The Bertz CT molecular complexity index is 489. The monoisotopic (exact) mass is 341 g/mol. The zero-order chi connectivity index (χ0) is 14.5. The highest BCUT2D eigenvalue weighted by atomic mass is 79.9. The first-order chi connectivity index (χ1) is 9.63. The fraction of sp³-hybridized carbons (Fsp3) is 0.500. The summed E-state index contributed by atoms with van der Waals surface area (Å²) < 4.78 is 6.20. The maximum Gasteiger partial charge on any atom is 0.140 e. The van der Waals surface area contributed by atoms with Crippen molar-refractivity contribution in [3.63, 3.8) is 0 Å². The van der Waals surface area contributed by atoms with Gasteiger partial charge in [-0.2, -0.15) is 0 Å². The van der Waals surface area contributed by atoms with Crippen molar-refractivity contribution in [2.45, 2.75) is 31.8 Å². The zero-order valence-corrected chi connectivity index (χ0v) is 13.1. The number of oxime groups is 1. The van der Waals surface area contributed by atoms with Gasteiger partial charge in [0.2, 0.25) is 0 Å². The molecule has 0 amide bonds. The third-order valence-electron chi connectivity index (χ3n) is 3.45. The van der Waals surface area contributed by atoms with Crippen molar-refractivity contribution < 1.29 is 9.94 Å². The number of halogens is 1. The number of methoxy groups -OCH3 is 1. The summed E-state index contributed by atoms with van der Waals surface area (Å²) >= 11 is 3.51. The summed E-state index contributed by atoms with van der Waals surface area (Å²) in [5.74, 6) is 1.12. The third kappa shape index (κ3) is 4.11. The molecular formula is C14H20BrN3O2. The molecule has 0 unspecified atom stereocenters. The van der Waals surface area contributed by atoms with Gasteiger partial charge in [0.25, 0.3) is 0 Å². The van der Waals surface area contributed by atoms with Gasteiger partial charge >= 0.3 is 0 Å². The second-order valence-corrected chi connectivity index (χ2v) is 5.87. The van der Waals surface area contributed by atoms with E-state index in [0.717, 1.165) is 23.3 Å². The number of nitrogens with zero attached hydrogens (tertiary/aromatic N) is 2. The van der Waals surface area contributed by atoms with Gasteiger partial charge in [0, 0.05) is 25.6 Å². The maximum atomic E-state index is 8.61. The Labute approximate surface area is 127 Å². The summed E-state index contributed by atoms with van der Waals surface area (Å²) in [6, 6.07) is 6.75. The van der Waals surface area contributed by atoms with Gasteiger partial charge in [0.1, 0.15) is 11.6 Å². The van der Waals surface area contributed by atoms with Crippen molar-refractivity contribution in [3.05, 3.63) is 28.2 Å². The fourth-order valence-corrected chi connectivity index (χ4v) is 2.77. The van der Waals surface area contributed by atoms with E-state index < -0.39 is 0 Å². The molecule has 0 saturated heterocycles. The molecule has 0 heterocycles. The minimum atomic E-state index is 0.284. The van der Waals surface area contributed by atoms with E-state index in [-0.39, 0.29) is 5.84 Å². The average Bonchev–Trinajstić information content (AvgIpc) is 3.27. The molecule has 6 heteroatoms. The van der Waals surface area contributed by atoms with E-state index in [1.54, 1.807) is 7.11 Å². The van der Waals surface area contributed by atoms with Gasteiger partial charge in [-0.15, -0.1) is 0 Å². The summed E-state index contributed by atoms with van der Waals surface area (Å²) in [4.78, 5) is 2.38. The van der Waals surface area contributed by atoms with Crippen LogP contribution in [0.5, 0.6) is 5.75 Å². The van der Waals surface area contributed by atoms with Crippen LogP contribution < -0.4 is 10.5 Å². The molecule has 5 nitrogen and oxygen atoms in total. The molecule has 0 spiro atoms. The largest absolute Gasteiger partial charge is 0.496 e. The molecule has 1 aromatic rings. The van der Waals surface area contributed by atoms with Crippen molar-refractivity contribution in [1.29, 1.82) is 0 Å². The molecule has 20 heavy (non-hydrogen) atoms. The van der Waals surface area contributed by atoms with Crippen LogP contribution in [0.3, 0.4) is 0 Å². The Morgan fingerprint density at radius 2 is 2.30 bits per heavy atom. The molecular weight excluding hydrogens is 322 g/mol.